The van der Waals surface area contributed by atoms with Gasteiger partial charge in [0.15, 0.2) is 9.84 Å². The van der Waals surface area contributed by atoms with E-state index in [1.54, 1.807) is 18.2 Å². The third-order valence-electron chi connectivity index (χ3n) is 1.60. The summed E-state index contributed by atoms with van der Waals surface area (Å²) >= 11 is 9.12. The third kappa shape index (κ3) is 4.86. The first kappa shape index (κ1) is 12.8. The molecule has 84 valence electrons. The van der Waals surface area contributed by atoms with Crippen LogP contribution in [0.5, 0.6) is 5.75 Å². The minimum absolute atomic E-state index is 0.0180. The van der Waals surface area contributed by atoms with Crippen molar-refractivity contribution < 1.29 is 13.2 Å². The summed E-state index contributed by atoms with van der Waals surface area (Å²) in [5.74, 6) is 0.463. The molecule has 0 heterocycles. The Hall–Kier alpha value is -0.260. The van der Waals surface area contributed by atoms with Gasteiger partial charge in [0.1, 0.15) is 12.4 Å². The predicted molar refractivity (Wildman–Crippen MR) is 64.4 cm³/mol. The number of sulfone groups is 1. The highest BCUT2D eigenvalue weighted by atomic mass is 79.9. The zero-order valence-electron chi connectivity index (χ0n) is 8.04. The van der Waals surface area contributed by atoms with Crippen LogP contribution in [0.4, 0.5) is 0 Å². The van der Waals surface area contributed by atoms with E-state index in [-0.39, 0.29) is 12.4 Å². The fourth-order valence-corrected chi connectivity index (χ4v) is 1.79. The molecule has 0 radical (unpaired) electrons. The van der Waals surface area contributed by atoms with Gasteiger partial charge in [-0.3, -0.25) is 0 Å². The second-order valence-electron chi connectivity index (χ2n) is 3.05. The van der Waals surface area contributed by atoms with Crippen molar-refractivity contribution in [3.63, 3.8) is 0 Å². The molecule has 1 rings (SSSR count). The van der Waals surface area contributed by atoms with Crippen molar-refractivity contribution >= 4 is 37.4 Å². The van der Waals surface area contributed by atoms with Gasteiger partial charge in [-0.25, -0.2) is 8.42 Å². The highest BCUT2D eigenvalue weighted by Gasteiger charge is 2.05. The van der Waals surface area contributed by atoms with E-state index in [9.17, 15) is 8.42 Å². The maximum absolute atomic E-state index is 10.9. The Bertz CT molecular complexity index is 445. The van der Waals surface area contributed by atoms with E-state index in [0.29, 0.717) is 10.8 Å². The SMILES string of the molecule is CS(=O)(=O)CCOc1cc(Br)ccc1Cl. The first-order valence-electron chi connectivity index (χ1n) is 4.14. The van der Waals surface area contributed by atoms with Crippen molar-refractivity contribution in [3.8, 4) is 5.75 Å². The van der Waals surface area contributed by atoms with Crippen molar-refractivity contribution in [3.05, 3.63) is 27.7 Å². The molecule has 0 aliphatic rings. The van der Waals surface area contributed by atoms with Crippen LogP contribution in [0.1, 0.15) is 0 Å². The summed E-state index contributed by atoms with van der Waals surface area (Å²) in [6, 6.07) is 5.16. The average molecular weight is 314 g/mol. The van der Waals surface area contributed by atoms with Gasteiger partial charge >= 0.3 is 0 Å². The van der Waals surface area contributed by atoms with Crippen LogP contribution in [0.2, 0.25) is 5.02 Å². The fraction of sp³-hybridized carbons (Fsp3) is 0.333. The number of hydrogen-bond donors (Lipinski definition) is 0. The lowest BCUT2D eigenvalue weighted by Gasteiger charge is -2.07. The summed E-state index contributed by atoms with van der Waals surface area (Å²) in [5, 5.41) is 0.465. The molecule has 0 aromatic heterocycles. The Morgan fingerprint density at radius 2 is 2.13 bits per heavy atom. The summed E-state index contributed by atoms with van der Waals surface area (Å²) in [6.45, 7) is 0.106. The number of benzene rings is 1. The van der Waals surface area contributed by atoms with Crippen LogP contribution < -0.4 is 4.74 Å². The highest BCUT2D eigenvalue weighted by Crippen LogP contribution is 2.27. The molecule has 0 amide bonds. The van der Waals surface area contributed by atoms with Crippen molar-refractivity contribution in [2.75, 3.05) is 18.6 Å². The van der Waals surface area contributed by atoms with E-state index in [1.807, 2.05) is 0 Å². The Kier molecular flexibility index (Phi) is 4.43. The summed E-state index contributed by atoms with van der Waals surface area (Å²) in [4.78, 5) is 0. The smallest absolute Gasteiger partial charge is 0.150 e. The van der Waals surface area contributed by atoms with Gasteiger partial charge in [-0.1, -0.05) is 27.5 Å². The van der Waals surface area contributed by atoms with Crippen LogP contribution in [0.3, 0.4) is 0 Å². The van der Waals surface area contributed by atoms with Crippen molar-refractivity contribution in [1.82, 2.24) is 0 Å². The van der Waals surface area contributed by atoms with E-state index in [4.69, 9.17) is 16.3 Å². The molecular formula is C9H10BrClO3S. The largest absolute Gasteiger partial charge is 0.491 e. The first-order chi connectivity index (χ1) is 6.88. The molecule has 0 aliphatic heterocycles. The van der Waals surface area contributed by atoms with Gasteiger partial charge in [0.05, 0.1) is 10.8 Å². The first-order valence-corrected chi connectivity index (χ1v) is 7.37. The van der Waals surface area contributed by atoms with Gasteiger partial charge in [0.2, 0.25) is 0 Å². The molecular weight excluding hydrogens is 304 g/mol. The second kappa shape index (κ2) is 5.18. The van der Waals surface area contributed by atoms with Crippen LogP contribution in [0.15, 0.2) is 22.7 Å². The van der Waals surface area contributed by atoms with E-state index in [0.717, 1.165) is 4.47 Å². The number of ether oxygens (including phenoxy) is 1. The second-order valence-corrected chi connectivity index (χ2v) is 6.64. The van der Waals surface area contributed by atoms with Gasteiger partial charge in [0, 0.05) is 10.7 Å². The van der Waals surface area contributed by atoms with Crippen LogP contribution in [-0.2, 0) is 9.84 Å². The molecule has 0 saturated carbocycles. The van der Waals surface area contributed by atoms with Crippen molar-refractivity contribution in [1.29, 1.82) is 0 Å². The molecule has 0 N–H and O–H groups in total. The van der Waals surface area contributed by atoms with E-state index >= 15 is 0 Å². The Morgan fingerprint density at radius 1 is 1.47 bits per heavy atom. The summed E-state index contributed by atoms with van der Waals surface area (Å²) < 4.78 is 27.8. The molecule has 6 heteroatoms. The third-order valence-corrected chi connectivity index (χ3v) is 3.32. The van der Waals surface area contributed by atoms with E-state index in [1.165, 1.54) is 6.26 Å². The summed E-state index contributed by atoms with van der Waals surface area (Å²) in [6.07, 6.45) is 1.17. The zero-order valence-corrected chi connectivity index (χ0v) is 11.2. The van der Waals surface area contributed by atoms with Crippen LogP contribution >= 0.6 is 27.5 Å². The van der Waals surface area contributed by atoms with E-state index in [2.05, 4.69) is 15.9 Å². The fourth-order valence-electron chi connectivity index (χ4n) is 0.891. The van der Waals surface area contributed by atoms with Gasteiger partial charge in [-0.05, 0) is 18.2 Å². The van der Waals surface area contributed by atoms with Crippen LogP contribution in [-0.4, -0.2) is 27.0 Å². The number of halogens is 2. The normalized spacial score (nSPS) is 11.4. The molecule has 1 aromatic carbocycles. The number of hydrogen-bond acceptors (Lipinski definition) is 3. The summed E-state index contributed by atoms with van der Waals surface area (Å²) in [7, 11) is -3.00. The topological polar surface area (TPSA) is 43.4 Å². The lowest BCUT2D eigenvalue weighted by molar-refractivity contribution is 0.341. The molecule has 0 unspecified atom stereocenters. The molecule has 0 saturated heterocycles. The van der Waals surface area contributed by atoms with Crippen molar-refractivity contribution in [2.45, 2.75) is 0 Å². The Balaban J connectivity index is 2.61. The highest BCUT2D eigenvalue weighted by molar-refractivity contribution is 9.10. The van der Waals surface area contributed by atoms with E-state index < -0.39 is 9.84 Å². The Morgan fingerprint density at radius 3 is 2.73 bits per heavy atom. The van der Waals surface area contributed by atoms with Gasteiger partial charge < -0.3 is 4.74 Å². The maximum atomic E-state index is 10.9. The quantitative estimate of drug-likeness (QED) is 0.858. The molecule has 0 fully saturated rings. The summed E-state index contributed by atoms with van der Waals surface area (Å²) in [5.41, 5.74) is 0. The zero-order chi connectivity index (χ0) is 11.5. The van der Waals surface area contributed by atoms with Gasteiger partial charge in [0.25, 0.3) is 0 Å². The molecule has 0 spiro atoms. The van der Waals surface area contributed by atoms with Crippen LogP contribution in [0, 0.1) is 0 Å². The number of rotatable bonds is 4. The maximum Gasteiger partial charge on any atom is 0.150 e. The molecule has 0 atom stereocenters. The molecule has 0 aliphatic carbocycles. The minimum Gasteiger partial charge on any atom is -0.491 e. The lowest BCUT2D eigenvalue weighted by Crippen LogP contribution is -2.12. The molecule has 0 bridgehead atoms. The van der Waals surface area contributed by atoms with Crippen molar-refractivity contribution in [2.24, 2.45) is 0 Å². The lowest BCUT2D eigenvalue weighted by atomic mass is 10.3. The molecule has 3 nitrogen and oxygen atoms in total. The van der Waals surface area contributed by atoms with Gasteiger partial charge in [-0.2, -0.15) is 0 Å². The molecule has 1 aromatic rings. The minimum atomic E-state index is -3.00. The predicted octanol–water partition coefficient (Wildman–Crippen LogP) is 2.53. The Labute approximate surface area is 102 Å². The van der Waals surface area contributed by atoms with Crippen LogP contribution in [0.25, 0.3) is 0 Å². The standard InChI is InChI=1S/C9H10BrClO3S/c1-15(12,13)5-4-14-9-6-7(10)2-3-8(9)11/h2-3,6H,4-5H2,1H3. The molecule has 15 heavy (non-hydrogen) atoms. The van der Waals surface area contributed by atoms with Gasteiger partial charge in [-0.15, -0.1) is 0 Å². The average Bonchev–Trinajstić information content (AvgIpc) is 2.09. The monoisotopic (exact) mass is 312 g/mol.